The van der Waals surface area contributed by atoms with Gasteiger partial charge in [-0.05, 0) is 54.8 Å². The number of amides is 2. The zero-order valence-electron chi connectivity index (χ0n) is 15.0. The molecule has 1 fully saturated rings. The number of rotatable bonds is 7. The van der Waals surface area contributed by atoms with Crippen LogP contribution in [0.4, 0.5) is 11.4 Å². The van der Waals surface area contributed by atoms with Gasteiger partial charge in [0.25, 0.3) is 5.91 Å². The van der Waals surface area contributed by atoms with Gasteiger partial charge in [-0.15, -0.1) is 0 Å². The molecular formula is C20H19N5O2S. The van der Waals surface area contributed by atoms with Gasteiger partial charge in [0, 0.05) is 28.6 Å². The Morgan fingerprint density at radius 2 is 1.68 bits per heavy atom. The highest BCUT2D eigenvalue weighted by Gasteiger charge is 2.29. The summed E-state index contributed by atoms with van der Waals surface area (Å²) in [4.78, 5) is 28.3. The average molecular weight is 393 g/mol. The summed E-state index contributed by atoms with van der Waals surface area (Å²) in [6.45, 7) is 0. The number of carbonyl (C=O) groups excluding carboxylic acids is 2. The quantitative estimate of drug-likeness (QED) is 0.532. The second kappa shape index (κ2) is 8.26. The van der Waals surface area contributed by atoms with Gasteiger partial charge in [-0.2, -0.15) is 5.10 Å². The molecule has 1 saturated carbocycles. The topological polar surface area (TPSA) is 99.8 Å². The van der Waals surface area contributed by atoms with Crippen LogP contribution >= 0.6 is 11.8 Å². The second-order valence-electron chi connectivity index (χ2n) is 6.57. The lowest BCUT2D eigenvalue weighted by molar-refractivity contribution is -0.117. The Kier molecular flexibility index (Phi) is 5.38. The third-order valence-corrected chi connectivity index (χ3v) is 5.29. The summed E-state index contributed by atoms with van der Waals surface area (Å²) < 4.78 is 0. The third kappa shape index (κ3) is 4.77. The number of benzene rings is 2. The number of H-pyrrole nitrogens is 1. The van der Waals surface area contributed by atoms with E-state index in [-0.39, 0.29) is 17.7 Å². The van der Waals surface area contributed by atoms with Crippen LogP contribution in [0, 0.1) is 5.92 Å². The Hall–Kier alpha value is -3.13. The maximum atomic E-state index is 12.4. The number of nitrogens with one attached hydrogen (secondary N) is 3. The van der Waals surface area contributed by atoms with Gasteiger partial charge in [0.05, 0.1) is 0 Å². The number of aromatic nitrogens is 3. The Labute approximate surface area is 166 Å². The molecule has 0 atom stereocenters. The molecule has 1 aromatic heterocycles. The van der Waals surface area contributed by atoms with Crippen LogP contribution in [0.15, 0.2) is 60.0 Å². The van der Waals surface area contributed by atoms with Gasteiger partial charge < -0.3 is 10.6 Å². The first-order chi connectivity index (χ1) is 13.7. The molecule has 0 aliphatic heterocycles. The molecule has 142 valence electrons. The first-order valence-electron chi connectivity index (χ1n) is 8.97. The molecule has 0 spiro atoms. The van der Waals surface area contributed by atoms with Crippen molar-refractivity contribution in [2.24, 2.45) is 5.92 Å². The SMILES string of the molecule is O=C(Nc1ccc(NC(=O)C2CC2)cc1)c1ccc(CSc2ncn[nH]2)cc1. The van der Waals surface area contributed by atoms with E-state index < -0.39 is 0 Å². The maximum Gasteiger partial charge on any atom is 0.255 e. The molecule has 0 radical (unpaired) electrons. The predicted octanol–water partition coefficient (Wildman–Crippen LogP) is 3.70. The number of hydrogen-bond donors (Lipinski definition) is 3. The second-order valence-corrected chi connectivity index (χ2v) is 7.54. The zero-order chi connectivity index (χ0) is 19.3. The van der Waals surface area contributed by atoms with Crippen LogP contribution in [-0.4, -0.2) is 27.0 Å². The van der Waals surface area contributed by atoms with Crippen molar-refractivity contribution in [2.45, 2.75) is 23.8 Å². The summed E-state index contributed by atoms with van der Waals surface area (Å²) >= 11 is 1.55. The smallest absolute Gasteiger partial charge is 0.255 e. The Bertz CT molecular complexity index is 951. The first-order valence-corrected chi connectivity index (χ1v) is 9.95. The standard InChI is InChI=1S/C20H19N5O2S/c26-18(14-3-1-13(2-4-14)11-28-20-21-12-22-25-20)23-16-7-9-17(10-8-16)24-19(27)15-5-6-15/h1-4,7-10,12,15H,5-6,11H2,(H,23,26)(H,24,27)(H,21,22,25). The van der Waals surface area contributed by atoms with Gasteiger partial charge in [0.1, 0.15) is 6.33 Å². The Morgan fingerprint density at radius 1 is 1.00 bits per heavy atom. The lowest BCUT2D eigenvalue weighted by atomic mass is 10.1. The van der Waals surface area contributed by atoms with Gasteiger partial charge in [-0.3, -0.25) is 14.7 Å². The van der Waals surface area contributed by atoms with E-state index in [9.17, 15) is 9.59 Å². The van der Waals surface area contributed by atoms with Gasteiger partial charge in [-0.1, -0.05) is 23.9 Å². The van der Waals surface area contributed by atoms with Crippen molar-refractivity contribution in [3.63, 3.8) is 0 Å². The predicted molar refractivity (Wildman–Crippen MR) is 108 cm³/mol. The van der Waals surface area contributed by atoms with E-state index in [2.05, 4.69) is 25.8 Å². The molecule has 8 heteroatoms. The minimum Gasteiger partial charge on any atom is -0.326 e. The fourth-order valence-electron chi connectivity index (χ4n) is 2.60. The van der Waals surface area contributed by atoms with Crippen LogP contribution in [0.25, 0.3) is 0 Å². The summed E-state index contributed by atoms with van der Waals surface area (Å²) in [5.74, 6) is 0.796. The van der Waals surface area contributed by atoms with E-state index in [4.69, 9.17) is 0 Å². The van der Waals surface area contributed by atoms with E-state index in [1.54, 1.807) is 48.2 Å². The zero-order valence-corrected chi connectivity index (χ0v) is 15.8. The summed E-state index contributed by atoms with van der Waals surface area (Å²) in [7, 11) is 0. The van der Waals surface area contributed by atoms with Crippen molar-refractivity contribution in [1.29, 1.82) is 0 Å². The molecule has 1 heterocycles. The molecule has 4 rings (SSSR count). The van der Waals surface area contributed by atoms with Crippen molar-refractivity contribution in [3.8, 4) is 0 Å². The van der Waals surface area contributed by atoms with Crippen LogP contribution in [-0.2, 0) is 10.5 Å². The molecule has 7 nitrogen and oxygen atoms in total. The number of carbonyl (C=O) groups is 2. The van der Waals surface area contributed by atoms with Gasteiger partial charge in [-0.25, -0.2) is 4.98 Å². The van der Waals surface area contributed by atoms with E-state index in [0.717, 1.165) is 35.0 Å². The number of nitrogens with zero attached hydrogens (tertiary/aromatic N) is 2. The molecule has 0 bridgehead atoms. The summed E-state index contributed by atoms with van der Waals surface area (Å²) in [5.41, 5.74) is 3.09. The molecule has 1 aliphatic rings. The van der Waals surface area contributed by atoms with Crippen LogP contribution in [0.2, 0.25) is 0 Å². The van der Waals surface area contributed by atoms with Gasteiger partial charge in [0.2, 0.25) is 5.91 Å². The molecule has 2 aromatic carbocycles. The first kappa shape index (κ1) is 18.2. The molecule has 2 amide bonds. The fraction of sp³-hybridized carbons (Fsp3) is 0.200. The summed E-state index contributed by atoms with van der Waals surface area (Å²) in [6.07, 6.45) is 3.42. The minimum atomic E-state index is -0.177. The van der Waals surface area contributed by atoms with Crippen LogP contribution in [0.5, 0.6) is 0 Å². The van der Waals surface area contributed by atoms with E-state index >= 15 is 0 Å². The molecular weight excluding hydrogens is 374 g/mol. The average Bonchev–Trinajstić information content (AvgIpc) is 3.44. The van der Waals surface area contributed by atoms with E-state index in [1.165, 1.54) is 6.33 Å². The number of thioether (sulfide) groups is 1. The monoisotopic (exact) mass is 393 g/mol. The van der Waals surface area contributed by atoms with Crippen LogP contribution in [0.1, 0.15) is 28.8 Å². The maximum absolute atomic E-state index is 12.4. The van der Waals surface area contributed by atoms with E-state index in [1.807, 2.05) is 12.1 Å². The summed E-state index contributed by atoms with van der Waals surface area (Å²) in [6, 6.07) is 14.6. The third-order valence-electron chi connectivity index (χ3n) is 4.34. The molecule has 3 N–H and O–H groups in total. The fourth-order valence-corrected chi connectivity index (χ4v) is 3.33. The molecule has 3 aromatic rings. The molecule has 0 unspecified atom stereocenters. The summed E-state index contributed by atoms with van der Waals surface area (Å²) in [5, 5.41) is 13.1. The van der Waals surface area contributed by atoms with Crippen molar-refractivity contribution in [3.05, 3.63) is 66.0 Å². The Morgan fingerprint density at radius 3 is 2.29 bits per heavy atom. The normalized spacial score (nSPS) is 13.1. The van der Waals surface area contributed by atoms with Gasteiger partial charge in [0.15, 0.2) is 5.16 Å². The highest BCUT2D eigenvalue weighted by Crippen LogP contribution is 2.30. The number of aromatic amines is 1. The molecule has 28 heavy (non-hydrogen) atoms. The van der Waals surface area contributed by atoms with Gasteiger partial charge >= 0.3 is 0 Å². The lowest BCUT2D eigenvalue weighted by Gasteiger charge is -2.08. The number of hydrogen-bond acceptors (Lipinski definition) is 5. The minimum absolute atomic E-state index is 0.0679. The molecule has 0 saturated heterocycles. The Balaban J connectivity index is 1.30. The lowest BCUT2D eigenvalue weighted by Crippen LogP contribution is -2.14. The van der Waals surface area contributed by atoms with Crippen LogP contribution in [0.3, 0.4) is 0 Å². The highest BCUT2D eigenvalue weighted by molar-refractivity contribution is 7.98. The largest absolute Gasteiger partial charge is 0.326 e. The van der Waals surface area contributed by atoms with Crippen molar-refractivity contribution < 1.29 is 9.59 Å². The van der Waals surface area contributed by atoms with Crippen molar-refractivity contribution >= 4 is 35.0 Å². The molecule has 1 aliphatic carbocycles. The van der Waals surface area contributed by atoms with Crippen molar-refractivity contribution in [1.82, 2.24) is 15.2 Å². The van der Waals surface area contributed by atoms with E-state index in [0.29, 0.717) is 11.3 Å². The number of anilines is 2. The highest BCUT2D eigenvalue weighted by atomic mass is 32.2. The van der Waals surface area contributed by atoms with Crippen molar-refractivity contribution in [2.75, 3.05) is 10.6 Å². The van der Waals surface area contributed by atoms with Crippen LogP contribution < -0.4 is 10.6 Å².